The van der Waals surface area contributed by atoms with Gasteiger partial charge in [-0.25, -0.2) is 9.59 Å². The Morgan fingerprint density at radius 3 is 2.67 bits per heavy atom. The minimum Gasteiger partial charge on any atom is -0.463 e. The molecule has 0 spiro atoms. The number of cyclic esters (lactones) is 1. The molecular weight excluding hydrogens is 329 g/mol. The van der Waals surface area contributed by atoms with Gasteiger partial charge in [-0.15, -0.1) is 0 Å². The van der Waals surface area contributed by atoms with Crippen LogP contribution >= 0.6 is 0 Å². The molecule has 2 aromatic rings. The summed E-state index contributed by atoms with van der Waals surface area (Å²) < 4.78 is 53.1. The summed E-state index contributed by atoms with van der Waals surface area (Å²) in [6, 6.07) is 7.16. The summed E-state index contributed by atoms with van der Waals surface area (Å²) in [6.45, 7) is 0.171. The van der Waals surface area contributed by atoms with E-state index in [0.717, 1.165) is 12.1 Å². The van der Waals surface area contributed by atoms with E-state index < -0.39 is 29.8 Å². The van der Waals surface area contributed by atoms with Gasteiger partial charge in [-0.3, -0.25) is 0 Å². The van der Waals surface area contributed by atoms with E-state index in [1.807, 2.05) is 0 Å². The predicted octanol–water partition coefficient (Wildman–Crippen LogP) is 3.44. The van der Waals surface area contributed by atoms with E-state index in [9.17, 15) is 22.8 Å². The number of furan rings is 1. The largest absolute Gasteiger partial charge is 0.463 e. The van der Waals surface area contributed by atoms with Gasteiger partial charge in [0.05, 0.1) is 12.2 Å². The molecule has 24 heavy (non-hydrogen) atoms. The molecule has 0 N–H and O–H groups in total. The second-order valence-electron chi connectivity index (χ2n) is 5.09. The Morgan fingerprint density at radius 2 is 2.00 bits per heavy atom. The first kappa shape index (κ1) is 16.1. The van der Waals surface area contributed by atoms with E-state index in [0.29, 0.717) is 0 Å². The van der Waals surface area contributed by atoms with Gasteiger partial charge in [0.25, 0.3) is 0 Å². The van der Waals surface area contributed by atoms with Crippen molar-refractivity contribution in [3.63, 3.8) is 0 Å². The molecule has 1 saturated heterocycles. The second-order valence-corrected chi connectivity index (χ2v) is 5.09. The summed E-state index contributed by atoms with van der Waals surface area (Å²) in [7, 11) is 0. The molecule has 1 fully saturated rings. The van der Waals surface area contributed by atoms with Gasteiger partial charge in [-0.05, 0) is 24.3 Å². The number of benzene rings is 1. The van der Waals surface area contributed by atoms with Crippen LogP contribution in [0.5, 0.6) is 0 Å². The van der Waals surface area contributed by atoms with Crippen LogP contribution in [0, 0.1) is 0 Å². The average molecular weight is 340 g/mol. The molecule has 0 bridgehead atoms. The highest BCUT2D eigenvalue weighted by Crippen LogP contribution is 2.32. The molecule has 0 aliphatic carbocycles. The third-order valence-electron chi connectivity index (χ3n) is 3.42. The highest BCUT2D eigenvalue weighted by atomic mass is 19.4. The maximum atomic E-state index is 12.7. The van der Waals surface area contributed by atoms with Crippen molar-refractivity contribution in [1.29, 1.82) is 0 Å². The molecule has 1 aromatic carbocycles. The molecule has 0 unspecified atom stereocenters. The number of hydrogen-bond acceptors (Lipinski definition) is 5. The topological polar surface area (TPSA) is 65.7 Å². The Hall–Kier alpha value is -2.77. The lowest BCUT2D eigenvalue weighted by atomic mass is 10.1. The predicted molar refractivity (Wildman–Crippen MR) is 73.9 cm³/mol. The molecule has 0 amide bonds. The minimum absolute atomic E-state index is 0.0852. The van der Waals surface area contributed by atoms with E-state index in [-0.39, 0.29) is 30.1 Å². The zero-order chi connectivity index (χ0) is 17.3. The minimum atomic E-state index is -4.48. The van der Waals surface area contributed by atoms with Crippen molar-refractivity contribution in [2.75, 3.05) is 6.61 Å². The zero-order valence-electron chi connectivity index (χ0n) is 12.1. The van der Waals surface area contributed by atoms with E-state index in [2.05, 4.69) is 4.74 Å². The number of carbonyl (C=O) groups is 2. The summed E-state index contributed by atoms with van der Waals surface area (Å²) in [4.78, 5) is 23.2. The number of rotatable bonds is 3. The molecule has 1 aromatic heterocycles. The zero-order valence-corrected chi connectivity index (χ0v) is 12.1. The fourth-order valence-corrected chi connectivity index (χ4v) is 2.22. The number of alkyl halides is 3. The van der Waals surface area contributed by atoms with Gasteiger partial charge in [0.15, 0.2) is 0 Å². The SMILES string of the molecule is O=C(O[C@@H]1CCOC1=O)c1ccc(-c2cccc(C(F)(F)F)c2)o1. The van der Waals surface area contributed by atoms with Crippen molar-refractivity contribution in [2.45, 2.75) is 18.7 Å². The molecule has 0 radical (unpaired) electrons. The molecule has 1 atom stereocenters. The smallest absolute Gasteiger partial charge is 0.416 e. The van der Waals surface area contributed by atoms with Gasteiger partial charge in [-0.2, -0.15) is 13.2 Å². The summed E-state index contributed by atoms with van der Waals surface area (Å²) in [5.74, 6) is -1.63. The number of carbonyl (C=O) groups excluding carboxylic acids is 2. The fourth-order valence-electron chi connectivity index (χ4n) is 2.22. The molecule has 3 rings (SSSR count). The monoisotopic (exact) mass is 340 g/mol. The Bertz CT molecular complexity index is 778. The maximum absolute atomic E-state index is 12.7. The van der Waals surface area contributed by atoms with Gasteiger partial charge in [0.1, 0.15) is 5.76 Å². The van der Waals surface area contributed by atoms with Crippen LogP contribution < -0.4 is 0 Å². The molecule has 8 heteroatoms. The van der Waals surface area contributed by atoms with Gasteiger partial charge in [-0.1, -0.05) is 12.1 Å². The van der Waals surface area contributed by atoms with Gasteiger partial charge in [0, 0.05) is 12.0 Å². The summed E-state index contributed by atoms with van der Waals surface area (Å²) in [6.07, 6.45) is -5.21. The molecular formula is C16H11F3O5. The standard InChI is InChI=1S/C16H11F3O5/c17-16(18,19)10-3-1-2-9(8-10)11-4-5-12(23-11)15(21)24-13-6-7-22-14(13)20/h1-5,8,13H,6-7H2/t13-/m1/s1. The molecule has 0 saturated carbocycles. The first-order chi connectivity index (χ1) is 11.3. The summed E-state index contributed by atoms with van der Waals surface area (Å²) in [5.41, 5.74) is -0.654. The first-order valence-electron chi connectivity index (χ1n) is 7.00. The number of hydrogen-bond donors (Lipinski definition) is 0. The lowest BCUT2D eigenvalue weighted by Gasteiger charge is -2.07. The molecule has 1 aliphatic heterocycles. The fraction of sp³-hybridized carbons (Fsp3) is 0.250. The normalized spacial score (nSPS) is 17.6. The van der Waals surface area contributed by atoms with Crippen molar-refractivity contribution in [1.82, 2.24) is 0 Å². The van der Waals surface area contributed by atoms with E-state index in [1.54, 1.807) is 0 Å². The van der Waals surface area contributed by atoms with Gasteiger partial charge >= 0.3 is 18.1 Å². The maximum Gasteiger partial charge on any atom is 0.416 e. The van der Waals surface area contributed by atoms with Crippen LogP contribution in [0.3, 0.4) is 0 Å². The highest BCUT2D eigenvalue weighted by molar-refractivity contribution is 5.89. The van der Waals surface area contributed by atoms with Crippen molar-refractivity contribution < 1.29 is 36.7 Å². The number of halogens is 3. The quantitative estimate of drug-likeness (QED) is 0.801. The van der Waals surface area contributed by atoms with Crippen LogP contribution in [-0.2, 0) is 20.4 Å². The molecule has 126 valence electrons. The number of ether oxygens (including phenoxy) is 2. The number of esters is 2. The lowest BCUT2D eigenvalue weighted by Crippen LogP contribution is -2.22. The van der Waals surface area contributed by atoms with Gasteiger partial charge in [0.2, 0.25) is 11.9 Å². The van der Waals surface area contributed by atoms with Crippen LogP contribution in [0.15, 0.2) is 40.8 Å². The average Bonchev–Trinajstić information content (AvgIpc) is 3.16. The van der Waals surface area contributed by atoms with Crippen molar-refractivity contribution in [3.8, 4) is 11.3 Å². The van der Waals surface area contributed by atoms with Crippen molar-refractivity contribution >= 4 is 11.9 Å². The molecule has 2 heterocycles. The molecule has 5 nitrogen and oxygen atoms in total. The summed E-state index contributed by atoms with van der Waals surface area (Å²) in [5, 5.41) is 0. The third-order valence-corrected chi connectivity index (χ3v) is 3.42. The Morgan fingerprint density at radius 1 is 1.21 bits per heavy atom. The van der Waals surface area contributed by atoms with Crippen LogP contribution in [0.4, 0.5) is 13.2 Å². The molecule has 1 aliphatic rings. The van der Waals surface area contributed by atoms with Crippen molar-refractivity contribution in [3.05, 3.63) is 47.7 Å². The van der Waals surface area contributed by atoms with Crippen LogP contribution in [-0.4, -0.2) is 24.6 Å². The van der Waals surface area contributed by atoms with E-state index >= 15 is 0 Å². The second kappa shape index (κ2) is 6.03. The van der Waals surface area contributed by atoms with Crippen LogP contribution in [0.1, 0.15) is 22.5 Å². The van der Waals surface area contributed by atoms with Crippen LogP contribution in [0.25, 0.3) is 11.3 Å². The van der Waals surface area contributed by atoms with Crippen molar-refractivity contribution in [2.24, 2.45) is 0 Å². The van der Waals surface area contributed by atoms with E-state index in [4.69, 9.17) is 9.15 Å². The lowest BCUT2D eigenvalue weighted by molar-refractivity contribution is -0.145. The van der Waals surface area contributed by atoms with Crippen LogP contribution in [0.2, 0.25) is 0 Å². The van der Waals surface area contributed by atoms with E-state index in [1.165, 1.54) is 24.3 Å². The Kier molecular flexibility index (Phi) is 4.04. The first-order valence-corrected chi connectivity index (χ1v) is 7.00. The third kappa shape index (κ3) is 3.27. The highest BCUT2D eigenvalue weighted by Gasteiger charge is 2.32. The summed E-state index contributed by atoms with van der Waals surface area (Å²) >= 11 is 0. The Balaban J connectivity index is 1.78. The van der Waals surface area contributed by atoms with Gasteiger partial charge < -0.3 is 13.9 Å². The Labute approximate surface area is 134 Å².